The van der Waals surface area contributed by atoms with Gasteiger partial charge >= 0.3 is 5.97 Å². The zero-order valence-corrected chi connectivity index (χ0v) is 11.0. The number of rotatable bonds is 5. The number of hydrogen-bond acceptors (Lipinski definition) is 2. The summed E-state index contributed by atoms with van der Waals surface area (Å²) < 4.78 is 6.07. The Labute approximate surface area is 104 Å². The molecule has 1 rings (SSSR count). The molecule has 0 spiro atoms. The molecule has 88 valence electrons. The minimum atomic E-state index is -0.753. The normalized spacial score (nSPS) is 12.2. The van der Waals surface area contributed by atoms with Crippen molar-refractivity contribution in [3.63, 3.8) is 0 Å². The van der Waals surface area contributed by atoms with Gasteiger partial charge in [0.1, 0.15) is 5.75 Å². The third kappa shape index (κ3) is 3.52. The van der Waals surface area contributed by atoms with Crippen molar-refractivity contribution in [3.05, 3.63) is 28.2 Å². The van der Waals surface area contributed by atoms with E-state index in [9.17, 15) is 4.79 Å². The second-order valence-electron chi connectivity index (χ2n) is 3.72. The summed E-state index contributed by atoms with van der Waals surface area (Å²) in [6, 6.07) is 5.75. The van der Waals surface area contributed by atoms with Crippen molar-refractivity contribution < 1.29 is 14.6 Å². The van der Waals surface area contributed by atoms with Gasteiger partial charge in [0.25, 0.3) is 0 Å². The van der Waals surface area contributed by atoms with Crippen molar-refractivity contribution in [1.82, 2.24) is 0 Å². The van der Waals surface area contributed by atoms with Gasteiger partial charge in [-0.1, -0.05) is 28.9 Å². The highest BCUT2D eigenvalue weighted by molar-refractivity contribution is 9.10. The summed E-state index contributed by atoms with van der Waals surface area (Å²) in [5.74, 6) is 0.258. The molecule has 1 atom stereocenters. The highest BCUT2D eigenvalue weighted by Gasteiger charge is 2.11. The molecule has 0 saturated carbocycles. The molecule has 0 aliphatic rings. The van der Waals surface area contributed by atoms with Gasteiger partial charge < -0.3 is 9.84 Å². The Hall–Kier alpha value is -1.03. The van der Waals surface area contributed by atoms with Crippen LogP contribution in [-0.4, -0.2) is 18.2 Å². The summed E-state index contributed by atoms with van der Waals surface area (Å²) in [4.78, 5) is 10.5. The summed E-state index contributed by atoms with van der Waals surface area (Å²) in [6.45, 7) is 2.02. The lowest BCUT2D eigenvalue weighted by atomic mass is 9.96. The first-order valence-electron chi connectivity index (χ1n) is 5.09. The summed E-state index contributed by atoms with van der Waals surface area (Å²) in [6.07, 6.45) is 0.833. The number of ether oxygens (including phenoxy) is 1. The predicted octanol–water partition coefficient (Wildman–Crippen LogP) is 3.43. The smallest absolute Gasteiger partial charge is 0.303 e. The number of carboxylic acids is 1. The number of methoxy groups -OCH3 is 1. The van der Waals surface area contributed by atoms with Crippen molar-refractivity contribution >= 4 is 21.9 Å². The molecule has 0 aliphatic heterocycles. The van der Waals surface area contributed by atoms with Crippen LogP contribution in [0.2, 0.25) is 0 Å². The second kappa shape index (κ2) is 5.89. The predicted molar refractivity (Wildman–Crippen MR) is 66.0 cm³/mol. The lowest BCUT2D eigenvalue weighted by molar-refractivity contribution is -0.137. The molecule has 0 aromatic heterocycles. The Morgan fingerprint density at radius 1 is 1.56 bits per heavy atom. The highest BCUT2D eigenvalue weighted by Crippen LogP contribution is 2.30. The largest absolute Gasteiger partial charge is 0.497 e. The maximum absolute atomic E-state index is 10.5. The van der Waals surface area contributed by atoms with E-state index in [-0.39, 0.29) is 12.3 Å². The maximum atomic E-state index is 10.5. The molecule has 1 aromatic carbocycles. The van der Waals surface area contributed by atoms with Gasteiger partial charge in [-0.15, -0.1) is 0 Å². The Balaban J connectivity index is 2.75. The fourth-order valence-electron chi connectivity index (χ4n) is 1.53. The van der Waals surface area contributed by atoms with Crippen molar-refractivity contribution in [2.45, 2.75) is 25.7 Å². The first-order valence-corrected chi connectivity index (χ1v) is 5.89. The number of benzene rings is 1. The standard InChI is InChI=1S/C12H15BrO3/c1-8(3-6-12(14)15)10-5-4-9(16-2)7-11(10)13/h4-5,7-8H,3,6H2,1-2H3,(H,14,15). The van der Waals surface area contributed by atoms with Crippen LogP contribution >= 0.6 is 15.9 Å². The average molecular weight is 287 g/mol. The van der Waals surface area contributed by atoms with Gasteiger partial charge in [-0.05, 0) is 30.0 Å². The maximum Gasteiger partial charge on any atom is 0.303 e. The minimum absolute atomic E-state index is 0.194. The van der Waals surface area contributed by atoms with Crippen LogP contribution in [0.1, 0.15) is 31.2 Å². The molecule has 1 aromatic rings. The fourth-order valence-corrected chi connectivity index (χ4v) is 2.28. The number of carbonyl (C=O) groups is 1. The quantitative estimate of drug-likeness (QED) is 0.902. The van der Waals surface area contributed by atoms with Gasteiger partial charge in [0.05, 0.1) is 7.11 Å². The van der Waals surface area contributed by atoms with E-state index >= 15 is 0 Å². The molecule has 0 amide bonds. The van der Waals surface area contributed by atoms with E-state index in [0.717, 1.165) is 15.8 Å². The van der Waals surface area contributed by atoms with Crippen LogP contribution in [0.4, 0.5) is 0 Å². The molecule has 0 fully saturated rings. The van der Waals surface area contributed by atoms with E-state index < -0.39 is 5.97 Å². The van der Waals surface area contributed by atoms with Crippen molar-refractivity contribution in [2.75, 3.05) is 7.11 Å². The lowest BCUT2D eigenvalue weighted by Gasteiger charge is -2.13. The molecule has 0 radical (unpaired) electrons. The monoisotopic (exact) mass is 286 g/mol. The van der Waals surface area contributed by atoms with E-state index in [1.165, 1.54) is 0 Å². The van der Waals surface area contributed by atoms with Crippen molar-refractivity contribution in [1.29, 1.82) is 0 Å². The van der Waals surface area contributed by atoms with Gasteiger partial charge in [0, 0.05) is 10.9 Å². The SMILES string of the molecule is COc1ccc(C(C)CCC(=O)O)c(Br)c1. The topological polar surface area (TPSA) is 46.5 Å². The molecule has 0 saturated heterocycles. The van der Waals surface area contributed by atoms with Gasteiger partial charge in [0.2, 0.25) is 0 Å². The van der Waals surface area contributed by atoms with E-state index in [1.807, 2.05) is 25.1 Å². The molecule has 16 heavy (non-hydrogen) atoms. The van der Waals surface area contributed by atoms with Crippen LogP contribution in [0.5, 0.6) is 5.75 Å². The zero-order valence-electron chi connectivity index (χ0n) is 9.37. The van der Waals surface area contributed by atoms with E-state index in [2.05, 4.69) is 15.9 Å². The lowest BCUT2D eigenvalue weighted by Crippen LogP contribution is -2.01. The molecule has 0 bridgehead atoms. The summed E-state index contributed by atoms with van der Waals surface area (Å²) in [7, 11) is 1.62. The highest BCUT2D eigenvalue weighted by atomic mass is 79.9. The van der Waals surface area contributed by atoms with E-state index in [1.54, 1.807) is 7.11 Å². The van der Waals surface area contributed by atoms with Gasteiger partial charge in [-0.25, -0.2) is 0 Å². The summed E-state index contributed by atoms with van der Waals surface area (Å²) in [5.41, 5.74) is 1.11. The van der Waals surface area contributed by atoms with Crippen LogP contribution in [0, 0.1) is 0 Å². The summed E-state index contributed by atoms with van der Waals surface area (Å²) in [5, 5.41) is 8.63. The number of aliphatic carboxylic acids is 1. The van der Waals surface area contributed by atoms with Crippen LogP contribution in [0.3, 0.4) is 0 Å². The molecule has 0 aliphatic carbocycles. The molecule has 4 heteroatoms. The molecular formula is C12H15BrO3. The number of halogens is 1. The Morgan fingerprint density at radius 3 is 2.75 bits per heavy atom. The molecular weight excluding hydrogens is 272 g/mol. The van der Waals surface area contributed by atoms with Crippen LogP contribution in [0.15, 0.2) is 22.7 Å². The first kappa shape index (κ1) is 13.0. The first-order chi connectivity index (χ1) is 7.54. The minimum Gasteiger partial charge on any atom is -0.497 e. The average Bonchev–Trinajstić information content (AvgIpc) is 2.25. The van der Waals surface area contributed by atoms with Crippen molar-refractivity contribution in [2.24, 2.45) is 0 Å². The van der Waals surface area contributed by atoms with E-state index in [4.69, 9.17) is 9.84 Å². The van der Waals surface area contributed by atoms with E-state index in [0.29, 0.717) is 6.42 Å². The molecule has 1 unspecified atom stereocenters. The third-order valence-electron chi connectivity index (χ3n) is 2.53. The van der Waals surface area contributed by atoms with Crippen LogP contribution in [0.25, 0.3) is 0 Å². The summed E-state index contributed by atoms with van der Waals surface area (Å²) >= 11 is 3.47. The molecule has 0 heterocycles. The van der Waals surface area contributed by atoms with Gasteiger partial charge in [-0.2, -0.15) is 0 Å². The Morgan fingerprint density at radius 2 is 2.25 bits per heavy atom. The second-order valence-corrected chi connectivity index (χ2v) is 4.58. The molecule has 3 nitrogen and oxygen atoms in total. The number of hydrogen-bond donors (Lipinski definition) is 1. The van der Waals surface area contributed by atoms with Gasteiger partial charge in [-0.3, -0.25) is 4.79 Å². The Kier molecular flexibility index (Phi) is 4.80. The van der Waals surface area contributed by atoms with Crippen molar-refractivity contribution in [3.8, 4) is 5.75 Å². The van der Waals surface area contributed by atoms with Crippen LogP contribution < -0.4 is 4.74 Å². The van der Waals surface area contributed by atoms with Gasteiger partial charge in [0.15, 0.2) is 0 Å². The van der Waals surface area contributed by atoms with Crippen LogP contribution in [-0.2, 0) is 4.79 Å². The number of carboxylic acid groups (broad SMARTS) is 1. The Bertz CT molecular complexity index is 377. The third-order valence-corrected chi connectivity index (χ3v) is 3.22. The molecule has 1 N–H and O–H groups in total. The zero-order chi connectivity index (χ0) is 12.1. The fraction of sp³-hybridized carbons (Fsp3) is 0.417.